The van der Waals surface area contributed by atoms with Crippen molar-refractivity contribution >= 4 is 11.8 Å². The molecular formula is C21H30O6. The zero-order chi connectivity index (χ0) is 19.7. The fourth-order valence-electron chi connectivity index (χ4n) is 4.59. The lowest BCUT2D eigenvalue weighted by molar-refractivity contribution is -0.183. The Bertz CT molecular complexity index is 643. The van der Waals surface area contributed by atoms with E-state index in [1.807, 2.05) is 26.0 Å². The second kappa shape index (κ2) is 7.86. The van der Waals surface area contributed by atoms with Crippen molar-refractivity contribution in [2.24, 2.45) is 16.7 Å². The van der Waals surface area contributed by atoms with Crippen LogP contribution >= 0.6 is 0 Å². The summed E-state index contributed by atoms with van der Waals surface area (Å²) in [6.07, 6.45) is 7.76. The van der Waals surface area contributed by atoms with Gasteiger partial charge in [0.25, 0.3) is 0 Å². The predicted molar refractivity (Wildman–Crippen MR) is 98.7 cm³/mol. The van der Waals surface area contributed by atoms with Crippen molar-refractivity contribution < 1.29 is 28.9 Å². The summed E-state index contributed by atoms with van der Waals surface area (Å²) in [5.41, 5.74) is -0.694. The van der Waals surface area contributed by atoms with Gasteiger partial charge in [-0.25, -0.2) is 0 Å². The lowest BCUT2D eigenvalue weighted by atomic mass is 9.52. The number of allylic oxidation sites excluding steroid dienone is 3. The molecule has 0 bridgehead atoms. The van der Waals surface area contributed by atoms with E-state index in [-0.39, 0.29) is 31.1 Å². The van der Waals surface area contributed by atoms with Crippen LogP contribution in [0.25, 0.3) is 0 Å². The van der Waals surface area contributed by atoms with Crippen LogP contribution in [0.15, 0.2) is 23.8 Å². The van der Waals surface area contributed by atoms with Crippen LogP contribution in [0, 0.1) is 16.7 Å². The summed E-state index contributed by atoms with van der Waals surface area (Å²) in [6, 6.07) is 0. The molecule has 1 fully saturated rings. The van der Waals surface area contributed by atoms with E-state index in [9.17, 15) is 14.7 Å². The quantitative estimate of drug-likeness (QED) is 0.741. The fourth-order valence-corrected chi connectivity index (χ4v) is 4.59. The first-order valence-electron chi connectivity index (χ1n) is 9.74. The molecule has 0 aromatic heterocycles. The first-order chi connectivity index (χ1) is 12.8. The van der Waals surface area contributed by atoms with Crippen LogP contribution in [0.4, 0.5) is 0 Å². The minimum atomic E-state index is -0.996. The van der Waals surface area contributed by atoms with Gasteiger partial charge in [0.05, 0.1) is 31.2 Å². The van der Waals surface area contributed by atoms with Gasteiger partial charge < -0.3 is 19.3 Å². The second-order valence-electron chi connectivity index (χ2n) is 8.40. The number of aliphatic hydroxyl groups excluding tert-OH is 1. The molecule has 6 heteroatoms. The second-order valence-corrected chi connectivity index (χ2v) is 8.40. The normalized spacial score (nSPS) is 33.8. The van der Waals surface area contributed by atoms with Crippen molar-refractivity contribution in [2.45, 2.75) is 58.3 Å². The molecule has 0 radical (unpaired) electrons. The van der Waals surface area contributed by atoms with Crippen molar-refractivity contribution in [1.82, 2.24) is 0 Å². The van der Waals surface area contributed by atoms with E-state index in [0.29, 0.717) is 18.6 Å². The van der Waals surface area contributed by atoms with Crippen molar-refractivity contribution in [3.05, 3.63) is 23.8 Å². The first-order valence-corrected chi connectivity index (χ1v) is 9.74. The summed E-state index contributed by atoms with van der Waals surface area (Å²) in [7, 11) is 1.37. The highest BCUT2D eigenvalue weighted by Gasteiger charge is 2.58. The van der Waals surface area contributed by atoms with Crippen LogP contribution in [0.2, 0.25) is 0 Å². The topological polar surface area (TPSA) is 82.1 Å². The number of aliphatic hydroxyl groups is 1. The van der Waals surface area contributed by atoms with Crippen molar-refractivity contribution in [2.75, 3.05) is 20.3 Å². The molecule has 3 unspecified atom stereocenters. The standard InChI is InChI=1S/C21H30O6/c1-20(2)9-6-7-14-11-16(22)15(12-21(14,20)19(24)25-3)17(23)13-27-18-8-4-5-10-26-18/h6-7,11,15,17-18,23H,4-5,8-10,12-13H2,1-3H3/t15?,17?,18?,21-/m1/s1. The van der Waals surface area contributed by atoms with E-state index in [1.54, 1.807) is 0 Å². The fraction of sp³-hybridized carbons (Fsp3) is 0.714. The van der Waals surface area contributed by atoms with E-state index in [1.165, 1.54) is 13.2 Å². The maximum Gasteiger partial charge on any atom is 0.316 e. The molecule has 0 spiro atoms. The highest BCUT2D eigenvalue weighted by atomic mass is 16.7. The minimum Gasteiger partial charge on any atom is -0.468 e. The van der Waals surface area contributed by atoms with Gasteiger partial charge in [0.1, 0.15) is 0 Å². The average Bonchev–Trinajstić information content (AvgIpc) is 2.65. The number of esters is 1. The number of ketones is 1. The Kier molecular flexibility index (Phi) is 5.89. The number of carbonyl (C=O) groups is 2. The SMILES string of the molecule is COC(=O)[C@@]12CC(C(O)COC3CCCCO3)C(=O)C=C1C=CCC2(C)C. The number of ether oxygens (including phenoxy) is 3. The Morgan fingerprint density at radius 2 is 2.19 bits per heavy atom. The maximum atomic E-state index is 12.9. The summed E-state index contributed by atoms with van der Waals surface area (Å²) in [5, 5.41) is 10.7. The number of hydrogen-bond acceptors (Lipinski definition) is 6. The van der Waals surface area contributed by atoms with Gasteiger partial charge in [-0.1, -0.05) is 26.0 Å². The van der Waals surface area contributed by atoms with Crippen LogP contribution in [0.5, 0.6) is 0 Å². The molecule has 0 amide bonds. The number of carbonyl (C=O) groups excluding carboxylic acids is 2. The molecule has 1 heterocycles. The van der Waals surface area contributed by atoms with Gasteiger partial charge in [0.2, 0.25) is 0 Å². The van der Waals surface area contributed by atoms with Crippen LogP contribution in [-0.4, -0.2) is 49.6 Å². The molecule has 0 aromatic rings. The van der Waals surface area contributed by atoms with E-state index in [4.69, 9.17) is 14.2 Å². The Morgan fingerprint density at radius 1 is 1.41 bits per heavy atom. The van der Waals surface area contributed by atoms with E-state index < -0.39 is 22.9 Å². The molecule has 1 aliphatic heterocycles. The Balaban J connectivity index is 1.81. The molecule has 2 aliphatic carbocycles. The monoisotopic (exact) mass is 378 g/mol. The summed E-state index contributed by atoms with van der Waals surface area (Å²) in [4.78, 5) is 25.6. The average molecular weight is 378 g/mol. The number of hydrogen-bond donors (Lipinski definition) is 1. The maximum absolute atomic E-state index is 12.9. The molecule has 4 atom stereocenters. The molecule has 1 saturated heterocycles. The highest BCUT2D eigenvalue weighted by molar-refractivity contribution is 5.98. The van der Waals surface area contributed by atoms with Crippen LogP contribution in [-0.2, 0) is 23.8 Å². The van der Waals surface area contributed by atoms with Crippen molar-refractivity contribution in [1.29, 1.82) is 0 Å². The molecule has 27 heavy (non-hydrogen) atoms. The van der Waals surface area contributed by atoms with Crippen LogP contribution in [0.3, 0.4) is 0 Å². The summed E-state index contributed by atoms with van der Waals surface area (Å²) >= 11 is 0. The smallest absolute Gasteiger partial charge is 0.316 e. The molecule has 0 saturated carbocycles. The third kappa shape index (κ3) is 3.62. The van der Waals surface area contributed by atoms with Gasteiger partial charge in [-0.05, 0) is 49.2 Å². The van der Waals surface area contributed by atoms with Crippen molar-refractivity contribution in [3.63, 3.8) is 0 Å². The summed E-state index contributed by atoms with van der Waals surface area (Å²) in [6.45, 7) is 4.68. The largest absolute Gasteiger partial charge is 0.468 e. The molecule has 3 rings (SSSR count). The highest BCUT2D eigenvalue weighted by Crippen LogP contribution is 2.57. The van der Waals surface area contributed by atoms with Crippen LogP contribution in [0.1, 0.15) is 46.0 Å². The van der Waals surface area contributed by atoms with Gasteiger partial charge >= 0.3 is 5.97 Å². The number of rotatable bonds is 5. The number of methoxy groups -OCH3 is 1. The Morgan fingerprint density at radius 3 is 2.85 bits per heavy atom. The summed E-state index contributed by atoms with van der Waals surface area (Å²) < 4.78 is 16.3. The third-order valence-electron chi connectivity index (χ3n) is 6.35. The van der Waals surface area contributed by atoms with E-state index >= 15 is 0 Å². The molecule has 1 N–H and O–H groups in total. The van der Waals surface area contributed by atoms with Crippen LogP contribution < -0.4 is 0 Å². The lowest BCUT2D eigenvalue weighted by Crippen LogP contribution is -2.53. The molecule has 6 nitrogen and oxygen atoms in total. The number of fused-ring (bicyclic) bond motifs is 1. The lowest BCUT2D eigenvalue weighted by Gasteiger charge is -2.50. The molecule has 0 aromatic carbocycles. The van der Waals surface area contributed by atoms with Gasteiger partial charge in [0, 0.05) is 6.61 Å². The van der Waals surface area contributed by atoms with Gasteiger partial charge in [0.15, 0.2) is 12.1 Å². The summed E-state index contributed by atoms with van der Waals surface area (Å²) in [5.74, 6) is -1.24. The minimum absolute atomic E-state index is 0.0117. The van der Waals surface area contributed by atoms with Gasteiger partial charge in [-0.15, -0.1) is 0 Å². The van der Waals surface area contributed by atoms with Gasteiger partial charge in [-0.3, -0.25) is 9.59 Å². The van der Waals surface area contributed by atoms with E-state index in [2.05, 4.69) is 0 Å². The van der Waals surface area contributed by atoms with Gasteiger partial charge in [-0.2, -0.15) is 0 Å². The Hall–Kier alpha value is -1.50. The molecule has 3 aliphatic rings. The zero-order valence-electron chi connectivity index (χ0n) is 16.4. The predicted octanol–water partition coefficient (Wildman–Crippen LogP) is 2.55. The Labute approximate surface area is 160 Å². The zero-order valence-corrected chi connectivity index (χ0v) is 16.4. The molecular weight excluding hydrogens is 348 g/mol. The molecule has 150 valence electrons. The first kappa shape index (κ1) is 20.2. The van der Waals surface area contributed by atoms with E-state index in [0.717, 1.165) is 19.3 Å². The van der Waals surface area contributed by atoms with Crippen molar-refractivity contribution in [3.8, 4) is 0 Å². The third-order valence-corrected chi connectivity index (χ3v) is 6.35.